The van der Waals surface area contributed by atoms with Crippen molar-refractivity contribution in [3.63, 3.8) is 0 Å². The normalized spacial score (nSPS) is 18.1. The van der Waals surface area contributed by atoms with Gasteiger partial charge in [-0.05, 0) is 50.4 Å². The molecule has 2 aliphatic rings. The first kappa shape index (κ1) is 32.5. The van der Waals surface area contributed by atoms with Crippen LogP contribution in [-0.2, 0) is 6.18 Å². The fraction of sp³-hybridized carbons (Fsp3) is 0.433. The van der Waals surface area contributed by atoms with Gasteiger partial charge in [0, 0.05) is 42.0 Å². The number of methoxy groups -OCH3 is 1. The van der Waals surface area contributed by atoms with Crippen molar-refractivity contribution < 1.29 is 36.2 Å². The van der Waals surface area contributed by atoms with Crippen molar-refractivity contribution in [2.75, 3.05) is 50.5 Å². The predicted octanol–water partition coefficient (Wildman–Crippen LogP) is 6.28. The molecule has 0 bridgehead atoms. The maximum absolute atomic E-state index is 16.1. The van der Waals surface area contributed by atoms with Crippen LogP contribution in [0.2, 0.25) is 0 Å². The summed E-state index contributed by atoms with van der Waals surface area (Å²) in [6, 6.07) is 4.66. The zero-order valence-corrected chi connectivity index (χ0v) is 25.2. The summed E-state index contributed by atoms with van der Waals surface area (Å²) in [6.07, 6.45) is -2.24. The third-order valence-electron chi connectivity index (χ3n) is 8.09. The molecule has 3 N–H and O–H groups in total. The van der Waals surface area contributed by atoms with E-state index in [1.54, 1.807) is 13.0 Å². The maximum atomic E-state index is 16.1. The number of ether oxygens (including phenoxy) is 1. The number of halogens is 6. The third kappa shape index (κ3) is 6.06. The summed E-state index contributed by atoms with van der Waals surface area (Å²) in [5.74, 6) is -2.23. The first-order chi connectivity index (χ1) is 21.4. The van der Waals surface area contributed by atoms with Gasteiger partial charge in [-0.15, -0.1) is 11.3 Å². The monoisotopic (exact) mass is 652 g/mol. The molecule has 2 aromatic carbocycles. The van der Waals surface area contributed by atoms with Crippen molar-refractivity contribution in [2.24, 2.45) is 0 Å². The minimum absolute atomic E-state index is 0.00871. The lowest BCUT2D eigenvalue weighted by Crippen LogP contribution is -2.27. The average Bonchev–Trinajstić information content (AvgIpc) is 3.68. The van der Waals surface area contributed by atoms with Crippen molar-refractivity contribution >= 4 is 43.1 Å². The second kappa shape index (κ2) is 12.9. The number of nitriles is 1. The number of likely N-dealkylation sites (N-methyl/N-ethyl adjacent to an activating group) is 1. The predicted molar refractivity (Wildman–Crippen MR) is 160 cm³/mol. The molecule has 2 fully saturated rings. The van der Waals surface area contributed by atoms with E-state index in [0.717, 1.165) is 25.1 Å². The van der Waals surface area contributed by atoms with Crippen molar-refractivity contribution in [1.82, 2.24) is 14.9 Å². The molecular formula is C30H30F6N6O2S. The van der Waals surface area contributed by atoms with E-state index in [0.29, 0.717) is 30.0 Å². The molecule has 240 valence electrons. The van der Waals surface area contributed by atoms with Crippen LogP contribution in [0.15, 0.2) is 18.2 Å². The Kier molecular flexibility index (Phi) is 9.29. The van der Waals surface area contributed by atoms with Gasteiger partial charge in [0.05, 0.1) is 29.5 Å². The SMILES string of the molecule is CCN(CCO)c1nc(OC)nc2c(F)c(-c3ccc(F)c4sc(N)c(C#N)c34)c(C(F)(F)F)cc12.FC1CC2CCCN2C1. The van der Waals surface area contributed by atoms with Crippen LogP contribution < -0.4 is 15.4 Å². The summed E-state index contributed by atoms with van der Waals surface area (Å²) in [4.78, 5) is 11.8. The Hall–Kier alpha value is -3.87. The average molecular weight is 653 g/mol. The standard InChI is InChI=1S/C23H18F5N5O2S.C7H12FN/c1-3-33(6-7-34)21-11-8-13(23(26,27)28)16(17(25)18(11)31-22(32-21)35-2)10-4-5-14(24)19-15(10)12(9-29)20(30)36-19;8-6-4-7-2-1-3-9(7)5-6/h4-5,8,34H,3,6-7,30H2,1-2H3;6-7H,1-5H2. The minimum Gasteiger partial charge on any atom is -0.467 e. The van der Waals surface area contributed by atoms with Crippen LogP contribution in [-0.4, -0.2) is 72.1 Å². The number of aromatic nitrogens is 2. The van der Waals surface area contributed by atoms with Gasteiger partial charge < -0.3 is 20.5 Å². The highest BCUT2D eigenvalue weighted by atomic mass is 32.1. The highest BCUT2D eigenvalue weighted by molar-refractivity contribution is 7.23. The van der Waals surface area contributed by atoms with Crippen LogP contribution in [0.1, 0.15) is 37.3 Å². The molecule has 4 heterocycles. The first-order valence-electron chi connectivity index (χ1n) is 14.2. The summed E-state index contributed by atoms with van der Waals surface area (Å²) in [7, 11) is 1.22. The molecule has 8 nitrogen and oxygen atoms in total. The Labute approximate surface area is 258 Å². The molecule has 2 atom stereocenters. The smallest absolute Gasteiger partial charge is 0.417 e. The molecular weight excluding hydrogens is 622 g/mol. The van der Waals surface area contributed by atoms with Gasteiger partial charge in [0.25, 0.3) is 0 Å². The number of aliphatic hydroxyl groups excluding tert-OH is 1. The summed E-state index contributed by atoms with van der Waals surface area (Å²) in [5.41, 5.74) is 2.45. The van der Waals surface area contributed by atoms with Crippen LogP contribution in [0, 0.1) is 23.0 Å². The number of alkyl halides is 4. The van der Waals surface area contributed by atoms with Crippen LogP contribution in [0.25, 0.3) is 32.1 Å². The second-order valence-electron chi connectivity index (χ2n) is 10.7. The van der Waals surface area contributed by atoms with E-state index in [-0.39, 0.29) is 63.1 Å². The first-order valence-corrected chi connectivity index (χ1v) is 15.0. The number of fused-ring (bicyclic) bond motifs is 3. The molecule has 0 aliphatic carbocycles. The lowest BCUT2D eigenvalue weighted by molar-refractivity contribution is -0.137. The fourth-order valence-corrected chi connectivity index (χ4v) is 7.03. The van der Waals surface area contributed by atoms with E-state index in [2.05, 4.69) is 14.9 Å². The van der Waals surface area contributed by atoms with Gasteiger partial charge in [-0.3, -0.25) is 4.90 Å². The number of benzene rings is 2. The number of nitrogens with two attached hydrogens (primary N) is 1. The molecule has 15 heteroatoms. The van der Waals surface area contributed by atoms with Crippen molar-refractivity contribution in [2.45, 2.75) is 44.6 Å². The fourth-order valence-electron chi connectivity index (χ4n) is 6.08. The number of aliphatic hydroxyl groups is 1. The summed E-state index contributed by atoms with van der Waals surface area (Å²) in [6.45, 7) is 3.45. The van der Waals surface area contributed by atoms with E-state index in [1.165, 1.54) is 24.9 Å². The van der Waals surface area contributed by atoms with Crippen molar-refractivity contribution in [3.8, 4) is 23.2 Å². The van der Waals surface area contributed by atoms with Crippen LogP contribution in [0.3, 0.4) is 0 Å². The van der Waals surface area contributed by atoms with Crippen molar-refractivity contribution in [3.05, 3.63) is 41.0 Å². The quantitative estimate of drug-likeness (QED) is 0.234. The van der Waals surface area contributed by atoms with Crippen LogP contribution in [0.4, 0.5) is 37.2 Å². The Morgan fingerprint density at radius 1 is 1.27 bits per heavy atom. The Balaban J connectivity index is 0.000000377. The van der Waals surface area contributed by atoms with E-state index < -0.39 is 40.6 Å². The van der Waals surface area contributed by atoms with Gasteiger partial charge in [-0.25, -0.2) is 13.2 Å². The second-order valence-corrected chi connectivity index (χ2v) is 11.8. The number of hydrogen-bond donors (Lipinski definition) is 2. The molecule has 4 aromatic rings. The number of hydrogen-bond acceptors (Lipinski definition) is 9. The van der Waals surface area contributed by atoms with Gasteiger partial charge in [0.2, 0.25) is 0 Å². The topological polar surface area (TPSA) is 112 Å². The Bertz CT molecular complexity index is 1760. The molecule has 0 spiro atoms. The zero-order valence-electron chi connectivity index (χ0n) is 24.4. The Morgan fingerprint density at radius 3 is 2.64 bits per heavy atom. The van der Waals surface area contributed by atoms with E-state index in [4.69, 9.17) is 10.5 Å². The molecule has 2 saturated heterocycles. The maximum Gasteiger partial charge on any atom is 0.417 e. The van der Waals surface area contributed by atoms with E-state index >= 15 is 4.39 Å². The molecule has 6 rings (SSSR count). The summed E-state index contributed by atoms with van der Waals surface area (Å²) < 4.78 is 91.3. The number of rotatable bonds is 6. The molecule has 45 heavy (non-hydrogen) atoms. The molecule has 0 saturated carbocycles. The van der Waals surface area contributed by atoms with Gasteiger partial charge in [0.1, 0.15) is 34.4 Å². The lowest BCUT2D eigenvalue weighted by atomic mass is 9.92. The lowest BCUT2D eigenvalue weighted by Gasteiger charge is -2.24. The molecule has 2 aliphatic heterocycles. The van der Waals surface area contributed by atoms with E-state index in [1.807, 2.05) is 0 Å². The summed E-state index contributed by atoms with van der Waals surface area (Å²) >= 11 is 0.683. The van der Waals surface area contributed by atoms with Gasteiger partial charge >= 0.3 is 12.2 Å². The minimum atomic E-state index is -5.05. The number of nitrogens with zero attached hydrogens (tertiary/aromatic N) is 5. The zero-order chi connectivity index (χ0) is 32.6. The molecule has 0 amide bonds. The van der Waals surface area contributed by atoms with Gasteiger partial charge in [-0.1, -0.05) is 6.07 Å². The van der Waals surface area contributed by atoms with Crippen molar-refractivity contribution in [1.29, 1.82) is 5.26 Å². The molecule has 2 unspecified atom stereocenters. The Morgan fingerprint density at radius 2 is 2.02 bits per heavy atom. The largest absolute Gasteiger partial charge is 0.467 e. The highest BCUT2D eigenvalue weighted by Gasteiger charge is 2.38. The molecule has 0 radical (unpaired) electrons. The van der Waals surface area contributed by atoms with Crippen LogP contribution in [0.5, 0.6) is 6.01 Å². The molecule has 2 aromatic heterocycles. The highest BCUT2D eigenvalue weighted by Crippen LogP contribution is 2.48. The number of anilines is 2. The summed E-state index contributed by atoms with van der Waals surface area (Å²) in [5, 5.41) is 18.4. The van der Waals surface area contributed by atoms with Crippen LogP contribution >= 0.6 is 11.3 Å². The van der Waals surface area contributed by atoms with E-state index in [9.17, 15) is 32.3 Å². The third-order valence-corrected chi connectivity index (χ3v) is 9.12. The number of thiophene rings is 1. The van der Waals surface area contributed by atoms with Gasteiger partial charge in [0.15, 0.2) is 5.82 Å². The number of nitrogen functional groups attached to an aromatic ring is 1. The van der Waals surface area contributed by atoms with Gasteiger partial charge in [-0.2, -0.15) is 28.4 Å².